The molecule has 1 N–H and O–H groups in total. The molecule has 2 heterocycles. The van der Waals surface area contributed by atoms with Crippen LogP contribution in [0.25, 0.3) is 11.0 Å². The Morgan fingerprint density at radius 1 is 1.09 bits per heavy atom. The number of nitrogens with zero attached hydrogens (tertiary/aromatic N) is 2. The van der Waals surface area contributed by atoms with Crippen molar-refractivity contribution in [3.63, 3.8) is 0 Å². The van der Waals surface area contributed by atoms with E-state index in [9.17, 15) is 14.0 Å². The Morgan fingerprint density at radius 3 is 2.61 bits per heavy atom. The van der Waals surface area contributed by atoms with Crippen molar-refractivity contribution in [1.82, 2.24) is 4.98 Å². The van der Waals surface area contributed by atoms with Crippen LogP contribution in [-0.2, 0) is 9.59 Å². The summed E-state index contributed by atoms with van der Waals surface area (Å²) in [5, 5.41) is 0. The SMILES string of the molecule is O=C1CC([n+]2c[nH]c3ccccc32)C(=O)N1c1ccc(F)cc1. The van der Waals surface area contributed by atoms with Crippen molar-refractivity contribution in [2.24, 2.45) is 0 Å². The number of carbonyl (C=O) groups is 2. The highest BCUT2D eigenvalue weighted by Gasteiger charge is 2.44. The lowest BCUT2D eigenvalue weighted by atomic mass is 10.2. The first-order valence-electron chi connectivity index (χ1n) is 7.25. The van der Waals surface area contributed by atoms with Crippen molar-refractivity contribution in [3.05, 3.63) is 60.7 Å². The number of nitrogens with one attached hydrogen (secondary N) is 1. The fraction of sp³-hybridized carbons (Fsp3) is 0.118. The number of anilines is 1. The monoisotopic (exact) mass is 310 g/mol. The molecule has 0 spiro atoms. The molecule has 1 aliphatic heterocycles. The number of hydrogen-bond donors (Lipinski definition) is 1. The number of benzene rings is 2. The molecule has 6 heteroatoms. The summed E-state index contributed by atoms with van der Waals surface area (Å²) in [6, 6.07) is 12.3. The Bertz CT molecular complexity index is 917. The lowest BCUT2D eigenvalue weighted by Gasteiger charge is -2.13. The molecular weight excluding hydrogens is 297 g/mol. The maximum Gasteiger partial charge on any atom is 0.279 e. The number of rotatable bonds is 2. The van der Waals surface area contributed by atoms with Crippen LogP contribution in [0.4, 0.5) is 10.1 Å². The minimum Gasteiger partial charge on any atom is -0.274 e. The van der Waals surface area contributed by atoms with Gasteiger partial charge in [-0.05, 0) is 36.4 Å². The largest absolute Gasteiger partial charge is 0.279 e. The molecule has 0 saturated carbocycles. The van der Waals surface area contributed by atoms with Crippen LogP contribution < -0.4 is 9.47 Å². The third kappa shape index (κ3) is 2.11. The van der Waals surface area contributed by atoms with E-state index in [-0.39, 0.29) is 18.2 Å². The summed E-state index contributed by atoms with van der Waals surface area (Å²) in [5.41, 5.74) is 2.15. The fourth-order valence-electron chi connectivity index (χ4n) is 2.98. The van der Waals surface area contributed by atoms with Gasteiger partial charge in [-0.2, -0.15) is 0 Å². The molecule has 2 aromatic carbocycles. The Balaban J connectivity index is 1.74. The van der Waals surface area contributed by atoms with Crippen LogP contribution >= 0.6 is 0 Å². The minimum absolute atomic E-state index is 0.0860. The number of carbonyl (C=O) groups excluding carboxylic acids is 2. The zero-order valence-electron chi connectivity index (χ0n) is 12.1. The molecule has 1 unspecified atom stereocenters. The lowest BCUT2D eigenvalue weighted by Crippen LogP contribution is -2.43. The van der Waals surface area contributed by atoms with Gasteiger partial charge >= 0.3 is 0 Å². The Labute approximate surface area is 131 Å². The number of aromatic nitrogens is 2. The van der Waals surface area contributed by atoms with Crippen molar-refractivity contribution in [2.45, 2.75) is 12.5 Å². The molecule has 5 nitrogen and oxygen atoms in total. The van der Waals surface area contributed by atoms with Crippen LogP contribution in [0.1, 0.15) is 12.5 Å². The number of imide groups is 1. The third-order valence-electron chi connectivity index (χ3n) is 4.08. The van der Waals surface area contributed by atoms with E-state index in [0.29, 0.717) is 5.69 Å². The van der Waals surface area contributed by atoms with Crippen molar-refractivity contribution in [1.29, 1.82) is 0 Å². The first-order chi connectivity index (χ1) is 11.1. The summed E-state index contributed by atoms with van der Waals surface area (Å²) in [4.78, 5) is 29.2. The van der Waals surface area contributed by atoms with E-state index < -0.39 is 11.9 Å². The topological polar surface area (TPSA) is 57.0 Å². The molecule has 1 fully saturated rings. The van der Waals surface area contributed by atoms with Gasteiger partial charge in [0, 0.05) is 0 Å². The molecule has 0 radical (unpaired) electrons. The molecule has 0 aliphatic carbocycles. The van der Waals surface area contributed by atoms with Gasteiger partial charge in [-0.1, -0.05) is 12.1 Å². The molecule has 1 atom stereocenters. The van der Waals surface area contributed by atoms with Gasteiger partial charge in [-0.25, -0.2) is 18.8 Å². The highest BCUT2D eigenvalue weighted by molar-refractivity contribution is 6.21. The highest BCUT2D eigenvalue weighted by Crippen LogP contribution is 2.27. The van der Waals surface area contributed by atoms with Crippen LogP contribution in [-0.4, -0.2) is 16.8 Å². The van der Waals surface area contributed by atoms with E-state index in [4.69, 9.17) is 0 Å². The summed E-state index contributed by atoms with van der Waals surface area (Å²) in [7, 11) is 0. The van der Waals surface area contributed by atoms with Gasteiger partial charge in [0.2, 0.25) is 12.2 Å². The molecule has 114 valence electrons. The third-order valence-corrected chi connectivity index (χ3v) is 4.08. The molecule has 0 bridgehead atoms. The molecule has 1 saturated heterocycles. The van der Waals surface area contributed by atoms with Crippen molar-refractivity contribution >= 4 is 28.5 Å². The van der Waals surface area contributed by atoms with E-state index >= 15 is 0 Å². The second-order valence-electron chi connectivity index (χ2n) is 5.46. The van der Waals surface area contributed by atoms with Crippen molar-refractivity contribution in [2.75, 3.05) is 4.90 Å². The molecular formula is C17H13FN3O2+. The van der Waals surface area contributed by atoms with Crippen LogP contribution in [0, 0.1) is 5.82 Å². The first kappa shape index (κ1) is 13.6. The lowest BCUT2D eigenvalue weighted by molar-refractivity contribution is -0.681. The minimum atomic E-state index is -0.594. The number of halogens is 1. The van der Waals surface area contributed by atoms with Gasteiger partial charge < -0.3 is 0 Å². The first-order valence-corrected chi connectivity index (χ1v) is 7.25. The van der Waals surface area contributed by atoms with E-state index in [2.05, 4.69) is 4.98 Å². The summed E-state index contributed by atoms with van der Waals surface area (Å²) >= 11 is 0. The van der Waals surface area contributed by atoms with E-state index in [1.807, 2.05) is 24.3 Å². The van der Waals surface area contributed by atoms with Crippen molar-refractivity contribution in [3.8, 4) is 0 Å². The van der Waals surface area contributed by atoms with Gasteiger partial charge in [0.25, 0.3) is 5.91 Å². The molecule has 23 heavy (non-hydrogen) atoms. The number of para-hydroxylation sites is 2. The van der Waals surface area contributed by atoms with Crippen LogP contribution in [0.3, 0.4) is 0 Å². The number of hydrogen-bond acceptors (Lipinski definition) is 2. The quantitative estimate of drug-likeness (QED) is 0.582. The summed E-state index contributed by atoms with van der Waals surface area (Å²) in [6.07, 6.45) is 1.79. The Morgan fingerprint density at radius 2 is 1.83 bits per heavy atom. The molecule has 1 aromatic heterocycles. The molecule has 4 rings (SSSR count). The van der Waals surface area contributed by atoms with Crippen molar-refractivity contribution < 1.29 is 18.5 Å². The summed E-state index contributed by atoms with van der Waals surface area (Å²) in [5.74, 6) is -1.00. The normalized spacial score (nSPS) is 18.1. The predicted molar refractivity (Wildman–Crippen MR) is 81.0 cm³/mol. The number of aromatic amines is 1. The Kier molecular flexibility index (Phi) is 2.97. The molecule has 1 aliphatic rings. The fourth-order valence-corrected chi connectivity index (χ4v) is 2.98. The second kappa shape index (κ2) is 5.01. The van der Waals surface area contributed by atoms with E-state index in [0.717, 1.165) is 15.9 Å². The number of fused-ring (bicyclic) bond motifs is 1. The van der Waals surface area contributed by atoms with Gasteiger partial charge in [0.15, 0.2) is 17.1 Å². The predicted octanol–water partition coefficient (Wildman–Crippen LogP) is 2.10. The highest BCUT2D eigenvalue weighted by atomic mass is 19.1. The zero-order valence-corrected chi connectivity index (χ0v) is 12.1. The van der Waals surface area contributed by atoms with Gasteiger partial charge in [0.05, 0.1) is 12.1 Å². The molecule has 3 aromatic rings. The summed E-state index contributed by atoms with van der Waals surface area (Å²) in [6.45, 7) is 0. The standard InChI is InChI=1S/C17H12FN3O2/c18-11-5-7-12(8-6-11)21-16(22)9-15(17(21)23)20-10-19-13-3-1-2-4-14(13)20/h1-8,10,15H,9H2/p+1. The number of amides is 2. The second-order valence-corrected chi connectivity index (χ2v) is 5.46. The average Bonchev–Trinajstić information content (AvgIpc) is 3.10. The van der Waals surface area contributed by atoms with Crippen LogP contribution in [0.5, 0.6) is 0 Å². The smallest absolute Gasteiger partial charge is 0.274 e. The number of imidazole rings is 1. The van der Waals surface area contributed by atoms with Crippen LogP contribution in [0.2, 0.25) is 0 Å². The average molecular weight is 310 g/mol. The van der Waals surface area contributed by atoms with E-state index in [1.54, 1.807) is 10.9 Å². The zero-order chi connectivity index (χ0) is 16.0. The molecule has 2 amide bonds. The van der Waals surface area contributed by atoms with Gasteiger partial charge in [-0.3, -0.25) is 9.59 Å². The van der Waals surface area contributed by atoms with Crippen LogP contribution in [0.15, 0.2) is 54.9 Å². The van der Waals surface area contributed by atoms with Gasteiger partial charge in [0.1, 0.15) is 5.82 Å². The Hall–Kier alpha value is -3.02. The maximum absolute atomic E-state index is 13.0. The summed E-state index contributed by atoms with van der Waals surface area (Å²) < 4.78 is 14.8. The van der Waals surface area contributed by atoms with Gasteiger partial charge in [-0.15, -0.1) is 0 Å². The maximum atomic E-state index is 13.0. The number of H-pyrrole nitrogens is 1. The van der Waals surface area contributed by atoms with E-state index in [1.165, 1.54) is 24.3 Å².